The maximum absolute atomic E-state index is 5.59. The van der Waals surface area contributed by atoms with Gasteiger partial charge in [0.25, 0.3) is 0 Å². The zero-order chi connectivity index (χ0) is 12.4. The molecule has 0 fully saturated rings. The molecule has 2 aromatic rings. The van der Waals surface area contributed by atoms with E-state index in [4.69, 9.17) is 17.2 Å². The fraction of sp³-hybridized carbons (Fsp3) is 0.111. The third kappa shape index (κ3) is 2.31. The Kier molecular flexibility index (Phi) is 2.88. The first-order valence-corrected chi connectivity index (χ1v) is 5.46. The smallest absolute Gasteiger partial charge is 0.223 e. The zero-order valence-electron chi connectivity index (χ0n) is 9.08. The van der Waals surface area contributed by atoms with E-state index in [1.54, 1.807) is 0 Å². The standard InChI is InChI=1S/C9H11N7S/c1-4-2-3-5-7(16-17-15-5)6(4)13-9(12)14-8(10)11/h2-3H,1H3,(H6,10,11,12,13,14). The molecule has 0 aliphatic heterocycles. The van der Waals surface area contributed by atoms with Crippen molar-refractivity contribution in [3.05, 3.63) is 17.7 Å². The number of hydrogen-bond donors (Lipinski definition) is 3. The Hall–Kier alpha value is -2.22. The average Bonchev–Trinajstić information content (AvgIpc) is 2.69. The molecule has 0 radical (unpaired) electrons. The number of nitrogens with two attached hydrogens (primary N) is 3. The van der Waals surface area contributed by atoms with Gasteiger partial charge in [0, 0.05) is 0 Å². The number of aliphatic imine (C=N–C) groups is 2. The maximum Gasteiger partial charge on any atom is 0.223 e. The minimum atomic E-state index is -0.132. The van der Waals surface area contributed by atoms with Gasteiger partial charge in [0.2, 0.25) is 5.96 Å². The molecule has 7 nitrogen and oxygen atoms in total. The van der Waals surface area contributed by atoms with Crippen LogP contribution in [0.15, 0.2) is 22.1 Å². The molecule has 6 N–H and O–H groups in total. The van der Waals surface area contributed by atoms with Gasteiger partial charge in [-0.25, -0.2) is 4.99 Å². The number of benzene rings is 1. The second kappa shape index (κ2) is 4.34. The Labute approximate surface area is 101 Å². The largest absolute Gasteiger partial charge is 0.370 e. The number of aromatic nitrogens is 2. The van der Waals surface area contributed by atoms with Crippen LogP contribution in [-0.2, 0) is 0 Å². The number of guanidine groups is 2. The molecule has 0 atom stereocenters. The third-order valence-corrected chi connectivity index (χ3v) is 2.62. The van der Waals surface area contributed by atoms with E-state index in [9.17, 15) is 0 Å². The Bertz CT molecular complexity index is 609. The molecule has 2 rings (SSSR count). The summed E-state index contributed by atoms with van der Waals surface area (Å²) >= 11 is 1.12. The molecule has 0 aliphatic rings. The Morgan fingerprint density at radius 1 is 1.24 bits per heavy atom. The molecule has 1 aromatic heterocycles. The summed E-state index contributed by atoms with van der Waals surface area (Å²) < 4.78 is 8.29. The summed E-state index contributed by atoms with van der Waals surface area (Å²) in [5.74, 6) is -0.138. The van der Waals surface area contributed by atoms with Crippen molar-refractivity contribution in [1.29, 1.82) is 0 Å². The summed E-state index contributed by atoms with van der Waals surface area (Å²) in [5.41, 5.74) is 19.1. The fourth-order valence-electron chi connectivity index (χ4n) is 1.35. The maximum atomic E-state index is 5.59. The first-order chi connectivity index (χ1) is 8.08. The van der Waals surface area contributed by atoms with Gasteiger partial charge in [0.15, 0.2) is 5.96 Å². The molecule has 0 unspecified atom stereocenters. The van der Waals surface area contributed by atoms with Crippen LogP contribution in [0.3, 0.4) is 0 Å². The van der Waals surface area contributed by atoms with E-state index < -0.39 is 0 Å². The van der Waals surface area contributed by atoms with Gasteiger partial charge < -0.3 is 17.2 Å². The topological polar surface area (TPSA) is 129 Å². The van der Waals surface area contributed by atoms with Gasteiger partial charge in [-0.2, -0.15) is 13.7 Å². The molecule has 0 spiro atoms. The average molecular weight is 249 g/mol. The lowest BCUT2D eigenvalue weighted by Gasteiger charge is -2.00. The van der Waals surface area contributed by atoms with Crippen LogP contribution in [0.4, 0.5) is 5.69 Å². The Morgan fingerprint density at radius 3 is 2.71 bits per heavy atom. The van der Waals surface area contributed by atoms with Crippen LogP contribution in [-0.4, -0.2) is 20.7 Å². The van der Waals surface area contributed by atoms with E-state index in [1.165, 1.54) is 0 Å². The summed E-state index contributed by atoms with van der Waals surface area (Å²) in [4.78, 5) is 7.81. The van der Waals surface area contributed by atoms with Crippen LogP contribution in [0, 0.1) is 6.92 Å². The van der Waals surface area contributed by atoms with Crippen LogP contribution in [0.5, 0.6) is 0 Å². The number of aryl methyl sites for hydroxylation is 1. The van der Waals surface area contributed by atoms with Crippen LogP contribution < -0.4 is 17.2 Å². The number of fused-ring (bicyclic) bond motifs is 1. The van der Waals surface area contributed by atoms with E-state index in [1.807, 2.05) is 19.1 Å². The first kappa shape index (κ1) is 11.3. The second-order valence-corrected chi connectivity index (χ2v) is 3.90. The molecule has 88 valence electrons. The van der Waals surface area contributed by atoms with Crippen molar-refractivity contribution in [3.63, 3.8) is 0 Å². The summed E-state index contributed by atoms with van der Waals surface area (Å²) in [7, 11) is 0. The fourth-order valence-corrected chi connectivity index (χ4v) is 1.89. The van der Waals surface area contributed by atoms with Gasteiger partial charge >= 0.3 is 0 Å². The van der Waals surface area contributed by atoms with Crippen molar-refractivity contribution in [2.45, 2.75) is 6.92 Å². The van der Waals surface area contributed by atoms with Crippen molar-refractivity contribution >= 4 is 40.4 Å². The third-order valence-electron chi connectivity index (χ3n) is 2.07. The lowest BCUT2D eigenvalue weighted by molar-refractivity contribution is 1.35. The molecule has 17 heavy (non-hydrogen) atoms. The van der Waals surface area contributed by atoms with E-state index in [2.05, 4.69) is 18.7 Å². The van der Waals surface area contributed by atoms with Gasteiger partial charge in [0.1, 0.15) is 11.0 Å². The highest BCUT2D eigenvalue weighted by Crippen LogP contribution is 2.28. The highest BCUT2D eigenvalue weighted by Gasteiger charge is 2.08. The molecule has 0 saturated heterocycles. The zero-order valence-corrected chi connectivity index (χ0v) is 9.90. The van der Waals surface area contributed by atoms with E-state index >= 15 is 0 Å². The highest BCUT2D eigenvalue weighted by atomic mass is 32.1. The van der Waals surface area contributed by atoms with Crippen molar-refractivity contribution in [3.8, 4) is 0 Å². The summed E-state index contributed by atoms with van der Waals surface area (Å²) in [6.07, 6.45) is 0. The first-order valence-electron chi connectivity index (χ1n) is 4.73. The van der Waals surface area contributed by atoms with Crippen LogP contribution in [0.2, 0.25) is 0 Å². The van der Waals surface area contributed by atoms with E-state index in [-0.39, 0.29) is 11.9 Å². The monoisotopic (exact) mass is 249 g/mol. The minimum absolute atomic E-state index is 0.00593. The van der Waals surface area contributed by atoms with Gasteiger partial charge in [0.05, 0.1) is 17.4 Å². The molecule has 0 aliphatic carbocycles. The number of nitrogens with zero attached hydrogens (tertiary/aromatic N) is 4. The quantitative estimate of drug-likeness (QED) is 0.492. The molecule has 1 aromatic carbocycles. The molecule has 0 amide bonds. The lowest BCUT2D eigenvalue weighted by atomic mass is 10.2. The van der Waals surface area contributed by atoms with Crippen molar-refractivity contribution in [2.24, 2.45) is 27.2 Å². The van der Waals surface area contributed by atoms with Crippen LogP contribution >= 0.6 is 11.7 Å². The molecule has 0 bridgehead atoms. The molecular formula is C9H11N7S. The summed E-state index contributed by atoms with van der Waals surface area (Å²) in [5, 5.41) is 0. The van der Waals surface area contributed by atoms with Crippen molar-refractivity contribution in [1.82, 2.24) is 8.75 Å². The number of rotatable bonds is 1. The SMILES string of the molecule is Cc1ccc2nsnc2c1N=C(N)N=C(N)N. The number of hydrogen-bond acceptors (Lipinski definition) is 4. The van der Waals surface area contributed by atoms with Gasteiger partial charge in [-0.15, -0.1) is 0 Å². The van der Waals surface area contributed by atoms with E-state index in [0.717, 1.165) is 22.8 Å². The molecule has 8 heteroatoms. The second-order valence-electron chi connectivity index (χ2n) is 3.37. The normalized spacial score (nSPS) is 11.7. The summed E-state index contributed by atoms with van der Waals surface area (Å²) in [6, 6.07) is 3.77. The van der Waals surface area contributed by atoms with Crippen LogP contribution in [0.25, 0.3) is 11.0 Å². The molecule has 0 saturated carbocycles. The van der Waals surface area contributed by atoms with Gasteiger partial charge in [-0.3, -0.25) is 0 Å². The summed E-state index contributed by atoms with van der Waals surface area (Å²) in [6.45, 7) is 1.90. The van der Waals surface area contributed by atoms with Crippen molar-refractivity contribution in [2.75, 3.05) is 0 Å². The van der Waals surface area contributed by atoms with Crippen molar-refractivity contribution < 1.29 is 0 Å². The minimum Gasteiger partial charge on any atom is -0.370 e. The van der Waals surface area contributed by atoms with Gasteiger partial charge in [-0.05, 0) is 18.6 Å². The molecular weight excluding hydrogens is 238 g/mol. The lowest BCUT2D eigenvalue weighted by Crippen LogP contribution is -2.26. The predicted molar refractivity (Wildman–Crippen MR) is 69.2 cm³/mol. The highest BCUT2D eigenvalue weighted by molar-refractivity contribution is 7.00. The van der Waals surface area contributed by atoms with Gasteiger partial charge in [-0.1, -0.05) is 6.07 Å². The van der Waals surface area contributed by atoms with Crippen LogP contribution in [0.1, 0.15) is 5.56 Å². The Balaban J connectivity index is 2.58. The Morgan fingerprint density at radius 2 is 2.00 bits per heavy atom. The molecule has 1 heterocycles. The predicted octanol–water partition coefficient (Wildman–Crippen LogP) is 0.219. The van der Waals surface area contributed by atoms with E-state index in [0.29, 0.717) is 11.2 Å².